The zero-order chi connectivity index (χ0) is 16.3. The number of benzene rings is 1. The monoisotopic (exact) mass is 334 g/mol. The number of hydrogen-bond donors (Lipinski definition) is 2. The van der Waals surface area contributed by atoms with E-state index in [9.17, 15) is 22.4 Å². The summed E-state index contributed by atoms with van der Waals surface area (Å²) in [6.45, 7) is 1.69. The summed E-state index contributed by atoms with van der Waals surface area (Å²) in [5, 5.41) is 5.05. The second-order valence-corrected chi connectivity index (χ2v) is 5.97. The van der Waals surface area contributed by atoms with E-state index in [4.69, 9.17) is 0 Å². The molecule has 0 bridgehead atoms. The normalized spacial score (nSPS) is 18.0. The first-order valence-corrected chi connectivity index (χ1v) is 7.29. The van der Waals surface area contributed by atoms with Gasteiger partial charge in [0.05, 0.1) is 0 Å². The van der Waals surface area contributed by atoms with Gasteiger partial charge in [0.15, 0.2) is 0 Å². The minimum absolute atomic E-state index is 0.0602. The number of urea groups is 1. The lowest BCUT2D eigenvalue weighted by molar-refractivity contribution is -0.0328. The predicted octanol–water partition coefficient (Wildman–Crippen LogP) is 4.11. The van der Waals surface area contributed by atoms with Crippen molar-refractivity contribution in [2.45, 2.75) is 36.5 Å². The van der Waals surface area contributed by atoms with Crippen molar-refractivity contribution in [2.24, 2.45) is 0 Å². The summed E-state index contributed by atoms with van der Waals surface area (Å²) in [5.41, 5.74) is -2.75. The lowest BCUT2D eigenvalue weighted by Crippen LogP contribution is -2.39. The Bertz CT molecular complexity index is 601. The van der Waals surface area contributed by atoms with Crippen LogP contribution >= 0.6 is 11.8 Å². The molecule has 0 saturated carbocycles. The molecule has 1 aliphatic rings. The van der Waals surface area contributed by atoms with Crippen molar-refractivity contribution < 1.29 is 22.4 Å². The molecule has 3 nitrogen and oxygen atoms in total. The van der Waals surface area contributed by atoms with Crippen LogP contribution in [0.25, 0.3) is 0 Å². The molecule has 22 heavy (non-hydrogen) atoms. The van der Waals surface area contributed by atoms with Crippen LogP contribution in [0.1, 0.15) is 18.9 Å². The molecule has 1 unspecified atom stereocenters. The molecule has 0 aliphatic heterocycles. The Balaban J connectivity index is 1.86. The summed E-state index contributed by atoms with van der Waals surface area (Å²) < 4.78 is 49.8. The van der Waals surface area contributed by atoms with Gasteiger partial charge in [-0.05, 0) is 42.0 Å². The van der Waals surface area contributed by atoms with E-state index in [1.807, 2.05) is 0 Å². The predicted molar refractivity (Wildman–Crippen MR) is 75.9 cm³/mol. The molecule has 1 aliphatic carbocycles. The number of hydrogen-bond acceptors (Lipinski definition) is 2. The molecule has 0 fully saturated rings. The first-order valence-electron chi connectivity index (χ1n) is 6.48. The van der Waals surface area contributed by atoms with E-state index in [1.54, 1.807) is 13.0 Å². The molecule has 1 aromatic carbocycles. The van der Waals surface area contributed by atoms with Crippen LogP contribution in [-0.2, 0) is 6.54 Å². The summed E-state index contributed by atoms with van der Waals surface area (Å²) in [6, 6.07) is 5.33. The standard InChI is InChI=1S/C14H14F4N2OS/c1-8-11(15)6-12(8)20-13(21)19-7-9-3-2-4-10(5-9)22-14(16,17)18/h2-5,11H,6-7H2,1H3,(H2,19,20,21). The molecule has 0 radical (unpaired) electrons. The second-order valence-electron chi connectivity index (χ2n) is 4.84. The molecule has 0 spiro atoms. The lowest BCUT2D eigenvalue weighted by Gasteiger charge is -2.25. The largest absolute Gasteiger partial charge is 0.446 e. The topological polar surface area (TPSA) is 41.1 Å². The smallest absolute Gasteiger partial charge is 0.334 e. The number of carbonyl (C=O) groups excluding carboxylic acids is 1. The van der Waals surface area contributed by atoms with E-state index < -0.39 is 17.7 Å². The van der Waals surface area contributed by atoms with E-state index in [-0.39, 0.29) is 29.6 Å². The van der Waals surface area contributed by atoms with Crippen molar-refractivity contribution in [3.63, 3.8) is 0 Å². The number of rotatable bonds is 4. The van der Waals surface area contributed by atoms with E-state index in [1.165, 1.54) is 18.2 Å². The average molecular weight is 334 g/mol. The van der Waals surface area contributed by atoms with Crippen molar-refractivity contribution in [2.75, 3.05) is 0 Å². The van der Waals surface area contributed by atoms with Crippen LogP contribution in [0.4, 0.5) is 22.4 Å². The summed E-state index contributed by atoms with van der Waals surface area (Å²) in [7, 11) is 0. The fraction of sp³-hybridized carbons (Fsp3) is 0.357. The highest BCUT2D eigenvalue weighted by Crippen LogP contribution is 2.36. The van der Waals surface area contributed by atoms with Gasteiger partial charge >= 0.3 is 11.5 Å². The molecule has 8 heteroatoms. The van der Waals surface area contributed by atoms with E-state index >= 15 is 0 Å². The minimum Gasteiger partial charge on any atom is -0.334 e. The maximum Gasteiger partial charge on any atom is 0.446 e. The molecule has 2 rings (SSSR count). The summed E-state index contributed by atoms with van der Waals surface area (Å²) >= 11 is -0.204. The highest BCUT2D eigenvalue weighted by atomic mass is 32.2. The highest BCUT2D eigenvalue weighted by Gasteiger charge is 2.29. The number of amides is 2. The molecule has 1 atom stereocenters. The third-order valence-corrected chi connectivity index (χ3v) is 3.90. The fourth-order valence-corrected chi connectivity index (χ4v) is 2.54. The third-order valence-electron chi connectivity index (χ3n) is 3.18. The van der Waals surface area contributed by atoms with Crippen LogP contribution in [-0.4, -0.2) is 17.7 Å². The van der Waals surface area contributed by atoms with E-state index in [0.717, 1.165) is 0 Å². The van der Waals surface area contributed by atoms with Gasteiger partial charge in [-0.1, -0.05) is 12.1 Å². The Kier molecular flexibility index (Phi) is 5.00. The zero-order valence-corrected chi connectivity index (χ0v) is 12.4. The van der Waals surface area contributed by atoms with Crippen LogP contribution < -0.4 is 10.6 Å². The number of thioether (sulfide) groups is 1. The van der Waals surface area contributed by atoms with Crippen LogP contribution in [0.3, 0.4) is 0 Å². The Morgan fingerprint density at radius 1 is 1.41 bits per heavy atom. The Morgan fingerprint density at radius 3 is 2.73 bits per heavy atom. The average Bonchev–Trinajstić information content (AvgIpc) is 2.43. The van der Waals surface area contributed by atoms with Crippen LogP contribution in [0.15, 0.2) is 40.4 Å². The quantitative estimate of drug-likeness (QED) is 0.642. The van der Waals surface area contributed by atoms with Gasteiger partial charge in [0.1, 0.15) is 6.17 Å². The summed E-state index contributed by atoms with van der Waals surface area (Å²) in [5.74, 6) is 0. The summed E-state index contributed by atoms with van der Waals surface area (Å²) in [4.78, 5) is 11.7. The second kappa shape index (κ2) is 6.60. The van der Waals surface area contributed by atoms with Gasteiger partial charge in [0.25, 0.3) is 0 Å². The van der Waals surface area contributed by atoms with Gasteiger partial charge in [-0.2, -0.15) is 13.2 Å². The van der Waals surface area contributed by atoms with Gasteiger partial charge in [0.2, 0.25) is 0 Å². The van der Waals surface area contributed by atoms with Crippen molar-refractivity contribution in [1.29, 1.82) is 0 Å². The lowest BCUT2D eigenvalue weighted by atomic mass is 9.94. The third kappa shape index (κ3) is 4.66. The van der Waals surface area contributed by atoms with E-state index in [2.05, 4.69) is 10.6 Å². The van der Waals surface area contributed by atoms with Crippen molar-refractivity contribution >= 4 is 17.8 Å². The number of allylic oxidation sites excluding steroid dienone is 2. The van der Waals surface area contributed by atoms with Gasteiger partial charge < -0.3 is 10.6 Å². The van der Waals surface area contributed by atoms with Gasteiger partial charge in [-0.25, -0.2) is 9.18 Å². The first kappa shape index (κ1) is 16.7. The zero-order valence-electron chi connectivity index (χ0n) is 11.6. The summed E-state index contributed by atoms with van der Waals surface area (Å²) in [6.07, 6.45) is -0.830. The van der Waals surface area contributed by atoms with E-state index in [0.29, 0.717) is 16.8 Å². The maximum atomic E-state index is 12.9. The first-order chi connectivity index (χ1) is 10.2. The van der Waals surface area contributed by atoms with Crippen molar-refractivity contribution in [1.82, 2.24) is 10.6 Å². The Morgan fingerprint density at radius 2 is 2.14 bits per heavy atom. The molecule has 0 saturated heterocycles. The van der Waals surface area contributed by atoms with Gasteiger partial charge in [0, 0.05) is 23.6 Å². The highest BCUT2D eigenvalue weighted by molar-refractivity contribution is 8.00. The van der Waals surface area contributed by atoms with Gasteiger partial charge in [-0.15, -0.1) is 0 Å². The van der Waals surface area contributed by atoms with Crippen LogP contribution in [0.2, 0.25) is 0 Å². The number of halogens is 4. The number of carbonyl (C=O) groups is 1. The number of alkyl halides is 4. The Labute approximate surface area is 129 Å². The molecular formula is C14H14F4N2OS. The van der Waals surface area contributed by atoms with Crippen molar-refractivity contribution in [3.8, 4) is 0 Å². The molecule has 2 N–H and O–H groups in total. The minimum atomic E-state index is -4.35. The maximum absolute atomic E-state index is 12.9. The van der Waals surface area contributed by atoms with Crippen LogP contribution in [0, 0.1) is 0 Å². The van der Waals surface area contributed by atoms with Gasteiger partial charge in [-0.3, -0.25) is 0 Å². The van der Waals surface area contributed by atoms with Crippen LogP contribution in [0.5, 0.6) is 0 Å². The van der Waals surface area contributed by atoms with Crippen molar-refractivity contribution in [3.05, 3.63) is 41.1 Å². The molecule has 2 amide bonds. The molecule has 1 aromatic rings. The molecule has 0 aromatic heterocycles. The SMILES string of the molecule is CC1=C(NC(=O)NCc2cccc(SC(F)(F)F)c2)CC1F. The number of nitrogens with one attached hydrogen (secondary N) is 2. The molecule has 120 valence electrons. The molecule has 0 heterocycles. The molecular weight excluding hydrogens is 320 g/mol. The fourth-order valence-electron chi connectivity index (χ4n) is 1.92. The Hall–Kier alpha value is -1.70.